The van der Waals surface area contributed by atoms with Gasteiger partial charge in [0.25, 0.3) is 15.9 Å². The van der Waals surface area contributed by atoms with Crippen molar-refractivity contribution >= 4 is 33.0 Å². The van der Waals surface area contributed by atoms with Gasteiger partial charge >= 0.3 is 0 Å². The molecule has 2 aromatic rings. The Hall–Kier alpha value is -3.15. The Morgan fingerprint density at radius 2 is 2.00 bits per heavy atom. The number of primary amides is 1. The molecule has 0 atom stereocenters. The first-order valence-corrected chi connectivity index (χ1v) is 7.44. The SMILES string of the molecule is Cn1cc(NS(=O)(=O)c2ccc(N=O)cc2N=O)c(C(N)=O)n1. The number of hydrogen-bond donors (Lipinski definition) is 2. The van der Waals surface area contributed by atoms with E-state index in [0.29, 0.717) is 0 Å². The van der Waals surface area contributed by atoms with Crippen molar-refractivity contribution in [3.8, 4) is 0 Å². The van der Waals surface area contributed by atoms with Gasteiger partial charge in [0.05, 0.1) is 5.69 Å². The molecule has 0 saturated carbocycles. The van der Waals surface area contributed by atoms with E-state index < -0.39 is 26.5 Å². The standard InChI is InChI=1S/C11H10N6O5S/c1-17-5-8(10(13-17)11(12)18)16-23(21,22)9-3-2-6(14-19)4-7(9)15-20/h2-5,16H,1H3,(H2,12,18). The van der Waals surface area contributed by atoms with Crippen molar-refractivity contribution in [1.82, 2.24) is 9.78 Å². The fourth-order valence-electron chi connectivity index (χ4n) is 1.81. The van der Waals surface area contributed by atoms with Crippen LogP contribution in [0.4, 0.5) is 17.1 Å². The summed E-state index contributed by atoms with van der Waals surface area (Å²) in [4.78, 5) is 32.0. The summed E-state index contributed by atoms with van der Waals surface area (Å²) >= 11 is 0. The number of hydrogen-bond acceptors (Lipinski definition) is 8. The molecule has 120 valence electrons. The number of nitrogens with two attached hydrogens (primary N) is 1. The lowest BCUT2D eigenvalue weighted by molar-refractivity contribution is 0.0995. The van der Waals surface area contributed by atoms with Crippen LogP contribution >= 0.6 is 0 Å². The Balaban J connectivity index is 2.50. The van der Waals surface area contributed by atoms with Gasteiger partial charge in [0.1, 0.15) is 16.3 Å². The lowest BCUT2D eigenvalue weighted by Crippen LogP contribution is -2.18. The van der Waals surface area contributed by atoms with E-state index in [2.05, 4.69) is 20.2 Å². The molecule has 12 heteroatoms. The molecule has 1 heterocycles. The van der Waals surface area contributed by atoms with E-state index in [9.17, 15) is 23.0 Å². The van der Waals surface area contributed by atoms with Gasteiger partial charge in [-0.15, -0.1) is 9.81 Å². The number of rotatable bonds is 6. The lowest BCUT2D eigenvalue weighted by Gasteiger charge is -2.08. The molecular weight excluding hydrogens is 328 g/mol. The third-order valence-corrected chi connectivity index (χ3v) is 4.16. The second-order valence-corrected chi connectivity index (χ2v) is 6.02. The Morgan fingerprint density at radius 1 is 1.30 bits per heavy atom. The zero-order chi connectivity index (χ0) is 17.2. The molecule has 11 nitrogen and oxygen atoms in total. The summed E-state index contributed by atoms with van der Waals surface area (Å²) in [7, 11) is -2.81. The van der Waals surface area contributed by atoms with Crippen molar-refractivity contribution in [3.63, 3.8) is 0 Å². The molecule has 0 spiro atoms. The van der Waals surface area contributed by atoms with E-state index in [0.717, 1.165) is 18.2 Å². The van der Waals surface area contributed by atoms with Gasteiger partial charge in [0, 0.05) is 13.2 Å². The fourth-order valence-corrected chi connectivity index (χ4v) is 2.97. The summed E-state index contributed by atoms with van der Waals surface area (Å²) in [6.07, 6.45) is 1.23. The largest absolute Gasteiger partial charge is 0.364 e. The minimum Gasteiger partial charge on any atom is -0.364 e. The first-order chi connectivity index (χ1) is 10.8. The maximum Gasteiger partial charge on any atom is 0.271 e. The minimum atomic E-state index is -4.27. The molecule has 0 unspecified atom stereocenters. The highest BCUT2D eigenvalue weighted by Crippen LogP contribution is 2.30. The van der Waals surface area contributed by atoms with Crippen LogP contribution in [0.15, 0.2) is 39.6 Å². The monoisotopic (exact) mass is 338 g/mol. The van der Waals surface area contributed by atoms with Crippen molar-refractivity contribution in [2.45, 2.75) is 4.90 Å². The molecule has 1 amide bonds. The van der Waals surface area contributed by atoms with E-state index in [1.54, 1.807) is 0 Å². The van der Waals surface area contributed by atoms with Gasteiger partial charge in [-0.05, 0) is 28.6 Å². The number of nitrogens with zero attached hydrogens (tertiary/aromatic N) is 4. The lowest BCUT2D eigenvalue weighted by atomic mass is 10.3. The molecular formula is C11H10N6O5S. The maximum atomic E-state index is 12.4. The Bertz CT molecular complexity index is 904. The van der Waals surface area contributed by atoms with Crippen molar-refractivity contribution in [1.29, 1.82) is 0 Å². The number of carbonyl (C=O) groups excluding carboxylic acids is 1. The van der Waals surface area contributed by atoms with Crippen LogP contribution in [0.1, 0.15) is 10.5 Å². The molecule has 0 aliphatic rings. The van der Waals surface area contributed by atoms with Crippen LogP contribution in [0.5, 0.6) is 0 Å². The zero-order valence-electron chi connectivity index (χ0n) is 11.6. The predicted octanol–water partition coefficient (Wildman–Crippen LogP) is 1.12. The quantitative estimate of drug-likeness (QED) is 0.748. The topological polar surface area (TPSA) is 166 Å². The number of aryl methyl sites for hydroxylation is 1. The van der Waals surface area contributed by atoms with Gasteiger partial charge in [-0.25, -0.2) is 8.42 Å². The maximum absolute atomic E-state index is 12.4. The minimum absolute atomic E-state index is 0.155. The van der Waals surface area contributed by atoms with Crippen molar-refractivity contribution in [2.75, 3.05) is 4.72 Å². The second kappa shape index (κ2) is 5.92. The molecule has 0 fully saturated rings. The molecule has 1 aromatic heterocycles. The molecule has 23 heavy (non-hydrogen) atoms. The van der Waals surface area contributed by atoms with E-state index in [4.69, 9.17) is 5.73 Å². The number of carbonyl (C=O) groups is 1. The van der Waals surface area contributed by atoms with Gasteiger partial charge < -0.3 is 5.73 Å². The summed E-state index contributed by atoms with van der Waals surface area (Å²) in [6, 6.07) is 3.03. The molecule has 0 aliphatic heterocycles. The second-order valence-electron chi connectivity index (χ2n) is 4.37. The predicted molar refractivity (Wildman–Crippen MR) is 79.9 cm³/mol. The van der Waals surface area contributed by atoms with Gasteiger partial charge in [-0.1, -0.05) is 0 Å². The van der Waals surface area contributed by atoms with Gasteiger partial charge in [0.15, 0.2) is 5.69 Å². The van der Waals surface area contributed by atoms with E-state index in [1.807, 2.05) is 0 Å². The van der Waals surface area contributed by atoms with Crippen molar-refractivity contribution in [3.05, 3.63) is 39.9 Å². The van der Waals surface area contributed by atoms with E-state index in [-0.39, 0.29) is 17.1 Å². The number of nitroso groups, excluding NO2 is 2. The normalized spacial score (nSPS) is 11.0. The Kier molecular flexibility index (Phi) is 4.18. The summed E-state index contributed by atoms with van der Waals surface area (Å²) in [6.45, 7) is 0. The summed E-state index contributed by atoms with van der Waals surface area (Å²) < 4.78 is 28.0. The zero-order valence-corrected chi connectivity index (χ0v) is 12.4. The summed E-state index contributed by atoms with van der Waals surface area (Å²) in [5.41, 5.74) is 4.01. The highest BCUT2D eigenvalue weighted by molar-refractivity contribution is 7.92. The van der Waals surface area contributed by atoms with E-state index in [1.165, 1.54) is 17.9 Å². The summed E-state index contributed by atoms with van der Waals surface area (Å²) in [5.74, 6) is -0.933. The van der Waals surface area contributed by atoms with Gasteiger partial charge in [-0.3, -0.25) is 14.2 Å². The van der Waals surface area contributed by atoms with E-state index >= 15 is 0 Å². The average Bonchev–Trinajstić information content (AvgIpc) is 2.86. The van der Waals surface area contributed by atoms with Crippen LogP contribution in [-0.2, 0) is 17.1 Å². The first kappa shape index (κ1) is 16.2. The molecule has 3 N–H and O–H groups in total. The average molecular weight is 338 g/mol. The van der Waals surface area contributed by atoms with Crippen LogP contribution in [0.25, 0.3) is 0 Å². The number of aromatic nitrogens is 2. The third kappa shape index (κ3) is 3.21. The summed E-state index contributed by atoms with van der Waals surface area (Å²) in [5, 5.41) is 8.89. The number of nitrogens with one attached hydrogen (secondary N) is 1. The number of anilines is 1. The highest BCUT2D eigenvalue weighted by atomic mass is 32.2. The Labute approximate surface area is 129 Å². The van der Waals surface area contributed by atoms with Gasteiger partial charge in [-0.2, -0.15) is 5.10 Å². The molecule has 0 radical (unpaired) electrons. The molecule has 2 rings (SSSR count). The number of sulfonamides is 1. The third-order valence-electron chi connectivity index (χ3n) is 2.74. The smallest absolute Gasteiger partial charge is 0.271 e. The van der Waals surface area contributed by atoms with Crippen molar-refractivity contribution < 1.29 is 13.2 Å². The fraction of sp³-hybridized carbons (Fsp3) is 0.0909. The van der Waals surface area contributed by atoms with Crippen LogP contribution < -0.4 is 10.5 Å². The molecule has 0 saturated heterocycles. The van der Waals surface area contributed by atoms with Crippen molar-refractivity contribution in [2.24, 2.45) is 23.1 Å². The van der Waals surface area contributed by atoms with Gasteiger partial charge in [0.2, 0.25) is 0 Å². The number of benzene rings is 1. The van der Waals surface area contributed by atoms with Crippen LogP contribution in [0, 0.1) is 9.81 Å². The van der Waals surface area contributed by atoms with Crippen LogP contribution in [-0.4, -0.2) is 24.1 Å². The van der Waals surface area contributed by atoms with Crippen LogP contribution in [0.2, 0.25) is 0 Å². The molecule has 0 aliphatic carbocycles. The Morgan fingerprint density at radius 3 is 2.57 bits per heavy atom. The first-order valence-electron chi connectivity index (χ1n) is 5.95. The highest BCUT2D eigenvalue weighted by Gasteiger charge is 2.24. The molecule has 1 aromatic carbocycles. The number of amides is 1. The molecule has 0 bridgehead atoms. The van der Waals surface area contributed by atoms with Crippen LogP contribution in [0.3, 0.4) is 0 Å².